The minimum absolute atomic E-state index is 0.0759. The van der Waals surface area contributed by atoms with Crippen LogP contribution < -0.4 is 0 Å². The van der Waals surface area contributed by atoms with E-state index in [1.165, 1.54) is 225 Å². The topological polar surface area (TPSA) is 78.9 Å². The summed E-state index contributed by atoms with van der Waals surface area (Å²) in [5, 5.41) is 0. The van der Waals surface area contributed by atoms with Crippen LogP contribution >= 0.6 is 0 Å². The molecule has 0 amide bonds. The van der Waals surface area contributed by atoms with Gasteiger partial charge >= 0.3 is 17.9 Å². The van der Waals surface area contributed by atoms with Gasteiger partial charge in [-0.1, -0.05) is 325 Å². The molecule has 0 N–H and O–H groups in total. The fourth-order valence-electron chi connectivity index (χ4n) is 10.2. The van der Waals surface area contributed by atoms with Crippen molar-refractivity contribution in [3.8, 4) is 0 Å². The predicted octanol–water partition coefficient (Wildman–Crippen LogP) is 24.1. The number of allylic oxidation sites excluding steroid dienone is 12. The van der Waals surface area contributed by atoms with Crippen LogP contribution in [0.2, 0.25) is 0 Å². The highest BCUT2D eigenvalue weighted by Crippen LogP contribution is 2.18. The number of rotatable bonds is 64. The number of esters is 3. The van der Waals surface area contributed by atoms with Gasteiger partial charge in [-0.15, -0.1) is 0 Å². The highest BCUT2D eigenvalue weighted by atomic mass is 16.6. The van der Waals surface area contributed by atoms with Crippen molar-refractivity contribution in [2.24, 2.45) is 0 Å². The molecule has 0 aromatic rings. The number of hydrogen-bond donors (Lipinski definition) is 0. The summed E-state index contributed by atoms with van der Waals surface area (Å²) in [5.41, 5.74) is 0. The van der Waals surface area contributed by atoms with Gasteiger partial charge in [-0.2, -0.15) is 0 Å². The molecule has 464 valence electrons. The van der Waals surface area contributed by atoms with Crippen LogP contribution in [-0.4, -0.2) is 37.2 Å². The lowest BCUT2D eigenvalue weighted by molar-refractivity contribution is -0.167. The summed E-state index contributed by atoms with van der Waals surface area (Å²) in [6.45, 7) is 6.57. The van der Waals surface area contributed by atoms with Crippen LogP contribution in [0.3, 0.4) is 0 Å². The van der Waals surface area contributed by atoms with Crippen LogP contribution in [0.15, 0.2) is 72.9 Å². The van der Waals surface area contributed by atoms with Crippen molar-refractivity contribution in [3.05, 3.63) is 72.9 Å². The molecule has 0 spiro atoms. The molecule has 0 aromatic carbocycles. The largest absolute Gasteiger partial charge is 0.462 e. The van der Waals surface area contributed by atoms with Crippen molar-refractivity contribution in [2.45, 2.75) is 367 Å². The average Bonchev–Trinajstić information content (AvgIpc) is 3.46. The van der Waals surface area contributed by atoms with Gasteiger partial charge in [0.25, 0.3) is 0 Å². The Morgan fingerprint density at radius 1 is 0.263 bits per heavy atom. The molecular formula is C74H132O6. The molecule has 0 saturated carbocycles. The van der Waals surface area contributed by atoms with E-state index in [-0.39, 0.29) is 31.1 Å². The van der Waals surface area contributed by atoms with Crippen molar-refractivity contribution in [1.29, 1.82) is 0 Å². The summed E-state index contributed by atoms with van der Waals surface area (Å²) in [6, 6.07) is 0. The van der Waals surface area contributed by atoms with Gasteiger partial charge in [-0.3, -0.25) is 14.4 Å². The molecule has 80 heavy (non-hydrogen) atoms. The van der Waals surface area contributed by atoms with Gasteiger partial charge in [0.05, 0.1) is 0 Å². The van der Waals surface area contributed by atoms with Crippen LogP contribution in [0, 0.1) is 0 Å². The summed E-state index contributed by atoms with van der Waals surface area (Å²) in [6.07, 6.45) is 89.3. The molecule has 0 saturated heterocycles. The number of carbonyl (C=O) groups excluding carboxylic acids is 3. The third kappa shape index (κ3) is 65.7. The molecule has 0 aromatic heterocycles. The molecule has 0 aliphatic carbocycles. The molecule has 0 bridgehead atoms. The van der Waals surface area contributed by atoms with Crippen molar-refractivity contribution in [3.63, 3.8) is 0 Å². The van der Waals surface area contributed by atoms with E-state index >= 15 is 0 Å². The van der Waals surface area contributed by atoms with E-state index in [2.05, 4.69) is 93.7 Å². The normalized spacial score (nSPS) is 12.5. The molecule has 6 nitrogen and oxygen atoms in total. The van der Waals surface area contributed by atoms with Crippen molar-refractivity contribution in [2.75, 3.05) is 13.2 Å². The van der Waals surface area contributed by atoms with Gasteiger partial charge in [0.1, 0.15) is 13.2 Å². The van der Waals surface area contributed by atoms with Crippen LogP contribution in [0.1, 0.15) is 361 Å². The summed E-state index contributed by atoms with van der Waals surface area (Å²) in [7, 11) is 0. The summed E-state index contributed by atoms with van der Waals surface area (Å²) in [4.78, 5) is 38.4. The van der Waals surface area contributed by atoms with E-state index in [1.54, 1.807) is 0 Å². The van der Waals surface area contributed by atoms with E-state index in [4.69, 9.17) is 14.2 Å². The second kappa shape index (κ2) is 68.3. The molecule has 0 rings (SSSR count). The smallest absolute Gasteiger partial charge is 0.306 e. The van der Waals surface area contributed by atoms with E-state index in [0.717, 1.165) is 96.3 Å². The van der Waals surface area contributed by atoms with Crippen molar-refractivity contribution >= 4 is 17.9 Å². The van der Waals surface area contributed by atoms with Crippen molar-refractivity contribution in [1.82, 2.24) is 0 Å². The number of carbonyl (C=O) groups is 3. The molecule has 0 aliphatic heterocycles. The van der Waals surface area contributed by atoms with E-state index < -0.39 is 6.10 Å². The Labute approximate surface area is 497 Å². The lowest BCUT2D eigenvalue weighted by Gasteiger charge is -2.18. The third-order valence-corrected chi connectivity index (χ3v) is 15.4. The minimum Gasteiger partial charge on any atom is -0.462 e. The monoisotopic (exact) mass is 1120 g/mol. The zero-order valence-corrected chi connectivity index (χ0v) is 53.3. The Morgan fingerprint density at radius 3 is 0.775 bits per heavy atom. The van der Waals surface area contributed by atoms with E-state index in [0.29, 0.717) is 19.3 Å². The van der Waals surface area contributed by atoms with Crippen LogP contribution in [0.4, 0.5) is 0 Å². The lowest BCUT2D eigenvalue weighted by atomic mass is 10.0. The zero-order chi connectivity index (χ0) is 57.8. The second-order valence-electron chi connectivity index (χ2n) is 23.4. The molecule has 0 fully saturated rings. The van der Waals surface area contributed by atoms with Gasteiger partial charge in [0.15, 0.2) is 6.10 Å². The summed E-state index contributed by atoms with van der Waals surface area (Å²) >= 11 is 0. The Hall–Kier alpha value is -3.15. The van der Waals surface area contributed by atoms with Crippen LogP contribution in [0.5, 0.6) is 0 Å². The first-order valence-corrected chi connectivity index (χ1v) is 34.9. The summed E-state index contributed by atoms with van der Waals surface area (Å²) < 4.78 is 17.0. The van der Waals surface area contributed by atoms with Gasteiger partial charge in [-0.25, -0.2) is 0 Å². The highest BCUT2D eigenvalue weighted by Gasteiger charge is 2.19. The molecule has 1 atom stereocenters. The molecule has 0 aliphatic rings. The maximum atomic E-state index is 12.9. The molecule has 6 heteroatoms. The van der Waals surface area contributed by atoms with Gasteiger partial charge in [0, 0.05) is 19.3 Å². The molecule has 1 unspecified atom stereocenters. The SMILES string of the molecule is CC/C=C\C/C=C\C/C=C\C/C=C\C/C=C\CCCCCCCCCC(=O)OC(COC(=O)CCCCCCCCCCCCCC)COC(=O)CCCCCCCCCCCCCCCCC/C=C\CCCCCCCCCC. The molecular weight excluding hydrogens is 985 g/mol. The third-order valence-electron chi connectivity index (χ3n) is 15.4. The molecule has 0 radical (unpaired) electrons. The highest BCUT2D eigenvalue weighted by molar-refractivity contribution is 5.71. The first-order chi connectivity index (χ1) is 39.5. The zero-order valence-electron chi connectivity index (χ0n) is 53.3. The van der Waals surface area contributed by atoms with Crippen molar-refractivity contribution < 1.29 is 28.6 Å². The van der Waals surface area contributed by atoms with Gasteiger partial charge in [-0.05, 0) is 89.9 Å². The van der Waals surface area contributed by atoms with E-state index in [1.807, 2.05) is 0 Å². The Morgan fingerprint density at radius 2 is 0.487 bits per heavy atom. The fourth-order valence-corrected chi connectivity index (χ4v) is 10.2. The quantitative estimate of drug-likeness (QED) is 0.0261. The maximum absolute atomic E-state index is 12.9. The number of ether oxygens (including phenoxy) is 3. The first-order valence-electron chi connectivity index (χ1n) is 34.9. The van der Waals surface area contributed by atoms with Gasteiger partial charge in [0.2, 0.25) is 0 Å². The van der Waals surface area contributed by atoms with Gasteiger partial charge < -0.3 is 14.2 Å². The Bertz CT molecular complexity index is 1470. The number of hydrogen-bond acceptors (Lipinski definition) is 6. The first kappa shape index (κ1) is 76.9. The number of unbranched alkanes of at least 4 members (excludes halogenated alkanes) is 41. The average molecular weight is 1120 g/mol. The van der Waals surface area contributed by atoms with E-state index in [9.17, 15) is 14.4 Å². The Balaban J connectivity index is 4.25. The minimum atomic E-state index is -0.781. The Kier molecular flexibility index (Phi) is 65.7. The lowest BCUT2D eigenvalue weighted by Crippen LogP contribution is -2.30. The van der Waals surface area contributed by atoms with Crippen LogP contribution in [0.25, 0.3) is 0 Å². The standard InChI is InChI=1S/C74H132O6/c1-4-7-10-13-16-19-22-25-27-29-31-33-35-36-37-38-40-41-43-45-47-49-52-55-58-61-64-67-73(76)79-70-71(69-78-72(75)66-63-60-57-54-51-24-21-18-15-12-9-6-3)80-74(77)68-65-62-59-56-53-50-48-46-44-42-39-34-32-30-28-26-23-20-17-14-11-8-5-2/h8,11,17,20,26,28-29,31-32,34,42,44,71H,4-7,9-10,12-16,18-19,21-25,27,30,33,35-41,43,45-70H2,1-3H3/b11-8-,20-17-,28-26-,31-29-,34-32-,44-42-. The molecule has 0 heterocycles. The second-order valence-corrected chi connectivity index (χ2v) is 23.4. The summed E-state index contributed by atoms with van der Waals surface area (Å²) in [5.74, 6) is -0.867. The van der Waals surface area contributed by atoms with Crippen LogP contribution in [-0.2, 0) is 28.6 Å². The predicted molar refractivity (Wildman–Crippen MR) is 348 cm³/mol. The fraction of sp³-hybridized carbons (Fsp3) is 0.797. The maximum Gasteiger partial charge on any atom is 0.306 e.